The van der Waals surface area contributed by atoms with Crippen LogP contribution >= 0.6 is 11.6 Å². The van der Waals surface area contributed by atoms with E-state index in [4.69, 9.17) is 22.1 Å². The summed E-state index contributed by atoms with van der Waals surface area (Å²) in [5.74, 6) is -0.283. The van der Waals surface area contributed by atoms with E-state index in [1.54, 1.807) is 13.0 Å². The van der Waals surface area contributed by atoms with E-state index in [1.165, 1.54) is 6.07 Å². The minimum absolute atomic E-state index is 0.184. The lowest BCUT2D eigenvalue weighted by Crippen LogP contribution is -2.00. The van der Waals surface area contributed by atoms with E-state index in [0.29, 0.717) is 10.7 Å². The highest BCUT2D eigenvalue weighted by Crippen LogP contribution is 2.25. The Bertz CT molecular complexity index is 613. The summed E-state index contributed by atoms with van der Waals surface area (Å²) >= 11 is 6.10. The molecule has 0 amide bonds. The molecule has 0 unspecified atom stereocenters. The summed E-state index contributed by atoms with van der Waals surface area (Å²) in [5, 5.41) is 0.618. The second-order valence-electron chi connectivity index (χ2n) is 4.52. The summed E-state index contributed by atoms with van der Waals surface area (Å²) in [6.45, 7) is 3.99. The number of nitrogen functional groups attached to an aromatic ring is 1. The molecule has 19 heavy (non-hydrogen) atoms. The van der Waals surface area contributed by atoms with Gasteiger partial charge in [-0.25, -0.2) is 4.39 Å². The molecule has 0 saturated heterocycles. The van der Waals surface area contributed by atoms with Crippen molar-refractivity contribution in [2.24, 2.45) is 0 Å². The van der Waals surface area contributed by atoms with Crippen molar-refractivity contribution in [1.82, 2.24) is 0 Å². The van der Waals surface area contributed by atoms with Gasteiger partial charge in [-0.3, -0.25) is 0 Å². The second kappa shape index (κ2) is 5.49. The number of halogens is 2. The van der Waals surface area contributed by atoms with Crippen molar-refractivity contribution >= 4 is 17.3 Å². The molecule has 2 aromatic carbocycles. The van der Waals surface area contributed by atoms with Crippen LogP contribution in [0.3, 0.4) is 0 Å². The highest BCUT2D eigenvalue weighted by Gasteiger charge is 2.08. The zero-order valence-electron chi connectivity index (χ0n) is 10.8. The maximum absolute atomic E-state index is 13.7. The Hall–Kier alpha value is -1.74. The molecule has 0 heterocycles. The Morgan fingerprint density at radius 3 is 2.63 bits per heavy atom. The van der Waals surface area contributed by atoms with Gasteiger partial charge in [-0.15, -0.1) is 0 Å². The first-order valence-corrected chi connectivity index (χ1v) is 6.28. The Labute approximate surface area is 117 Å². The minimum Gasteiger partial charge on any atom is -0.486 e. The Morgan fingerprint density at radius 1 is 1.21 bits per heavy atom. The third kappa shape index (κ3) is 3.18. The Kier molecular flexibility index (Phi) is 3.96. The molecule has 2 nitrogen and oxygen atoms in total. The molecule has 0 fully saturated rings. The molecule has 2 rings (SSSR count). The first-order valence-electron chi connectivity index (χ1n) is 5.91. The van der Waals surface area contributed by atoms with Crippen LogP contribution in [0, 0.1) is 19.7 Å². The van der Waals surface area contributed by atoms with Gasteiger partial charge >= 0.3 is 0 Å². The molecule has 0 aliphatic rings. The van der Waals surface area contributed by atoms with Crippen LogP contribution in [0.5, 0.6) is 5.75 Å². The summed E-state index contributed by atoms with van der Waals surface area (Å²) in [6, 6.07) is 8.52. The first kappa shape index (κ1) is 13.7. The van der Waals surface area contributed by atoms with E-state index in [1.807, 2.05) is 25.1 Å². The average molecular weight is 280 g/mol. The van der Waals surface area contributed by atoms with E-state index in [0.717, 1.165) is 16.7 Å². The molecule has 0 aliphatic carbocycles. The largest absolute Gasteiger partial charge is 0.486 e. The SMILES string of the molecule is Cc1ccc(COc2cc(C)c(N)cc2F)c(Cl)c1. The minimum atomic E-state index is -0.466. The number of anilines is 1. The fourth-order valence-electron chi connectivity index (χ4n) is 1.71. The summed E-state index contributed by atoms with van der Waals surface area (Å²) in [5.41, 5.74) is 8.71. The predicted octanol–water partition coefficient (Wildman–Crippen LogP) is 4.26. The van der Waals surface area contributed by atoms with Gasteiger partial charge < -0.3 is 10.5 Å². The number of nitrogens with two attached hydrogens (primary N) is 1. The normalized spacial score (nSPS) is 10.5. The van der Waals surface area contributed by atoms with Crippen molar-refractivity contribution in [3.05, 3.63) is 57.9 Å². The maximum Gasteiger partial charge on any atom is 0.167 e. The van der Waals surface area contributed by atoms with Crippen LogP contribution in [0.2, 0.25) is 5.02 Å². The first-order chi connectivity index (χ1) is 8.97. The highest BCUT2D eigenvalue weighted by molar-refractivity contribution is 6.31. The van der Waals surface area contributed by atoms with E-state index in [9.17, 15) is 4.39 Å². The van der Waals surface area contributed by atoms with Gasteiger partial charge in [0.25, 0.3) is 0 Å². The van der Waals surface area contributed by atoms with Crippen molar-refractivity contribution < 1.29 is 9.13 Å². The number of aryl methyl sites for hydroxylation is 2. The van der Waals surface area contributed by atoms with Gasteiger partial charge in [-0.2, -0.15) is 0 Å². The molecule has 100 valence electrons. The molecular weight excluding hydrogens is 265 g/mol. The van der Waals surface area contributed by atoms with Gasteiger partial charge in [-0.05, 0) is 37.1 Å². The lowest BCUT2D eigenvalue weighted by atomic mass is 10.1. The van der Waals surface area contributed by atoms with E-state index in [-0.39, 0.29) is 12.4 Å². The number of rotatable bonds is 3. The standard InChI is InChI=1S/C15H15ClFNO/c1-9-3-4-11(12(16)5-9)8-19-15-6-10(2)14(18)7-13(15)17/h3-7H,8,18H2,1-2H3. The van der Waals surface area contributed by atoms with Crippen LogP contribution in [0.15, 0.2) is 30.3 Å². The molecule has 0 bridgehead atoms. The smallest absolute Gasteiger partial charge is 0.167 e. The van der Waals surface area contributed by atoms with Gasteiger partial charge in [0.2, 0.25) is 0 Å². The molecule has 0 radical (unpaired) electrons. The van der Waals surface area contributed by atoms with Gasteiger partial charge in [-0.1, -0.05) is 23.7 Å². The Morgan fingerprint density at radius 2 is 1.95 bits per heavy atom. The molecule has 2 N–H and O–H groups in total. The molecule has 2 aromatic rings. The third-order valence-electron chi connectivity index (χ3n) is 2.91. The van der Waals surface area contributed by atoms with Gasteiger partial charge in [0.15, 0.2) is 11.6 Å². The van der Waals surface area contributed by atoms with E-state index in [2.05, 4.69) is 0 Å². The molecular formula is C15H15ClFNO. The summed E-state index contributed by atoms with van der Waals surface area (Å²) in [4.78, 5) is 0. The topological polar surface area (TPSA) is 35.2 Å². The van der Waals surface area contributed by atoms with Gasteiger partial charge in [0.05, 0.1) is 0 Å². The van der Waals surface area contributed by atoms with Gasteiger partial charge in [0, 0.05) is 22.3 Å². The molecule has 0 saturated carbocycles. The zero-order chi connectivity index (χ0) is 14.0. The molecule has 0 atom stereocenters. The third-order valence-corrected chi connectivity index (χ3v) is 3.26. The van der Waals surface area contributed by atoms with Crippen molar-refractivity contribution in [2.45, 2.75) is 20.5 Å². The fourth-order valence-corrected chi connectivity index (χ4v) is 2.00. The van der Waals surface area contributed by atoms with Crippen LogP contribution in [-0.2, 0) is 6.61 Å². The average Bonchev–Trinajstić information content (AvgIpc) is 2.34. The zero-order valence-corrected chi connectivity index (χ0v) is 11.6. The highest BCUT2D eigenvalue weighted by atomic mass is 35.5. The second-order valence-corrected chi connectivity index (χ2v) is 4.93. The van der Waals surface area contributed by atoms with E-state index < -0.39 is 5.82 Å². The molecule has 0 aliphatic heterocycles. The van der Waals surface area contributed by atoms with Crippen LogP contribution in [-0.4, -0.2) is 0 Å². The van der Waals surface area contributed by atoms with Crippen molar-refractivity contribution in [3.63, 3.8) is 0 Å². The molecule has 0 aromatic heterocycles. The number of ether oxygens (including phenoxy) is 1. The quantitative estimate of drug-likeness (QED) is 0.852. The summed E-state index contributed by atoms with van der Waals surface area (Å²) in [7, 11) is 0. The van der Waals surface area contributed by atoms with Crippen molar-refractivity contribution in [2.75, 3.05) is 5.73 Å². The summed E-state index contributed by atoms with van der Waals surface area (Å²) in [6.07, 6.45) is 0. The predicted molar refractivity (Wildman–Crippen MR) is 76.1 cm³/mol. The van der Waals surface area contributed by atoms with Crippen LogP contribution < -0.4 is 10.5 Å². The van der Waals surface area contributed by atoms with Crippen molar-refractivity contribution in [3.8, 4) is 5.75 Å². The number of hydrogen-bond acceptors (Lipinski definition) is 2. The van der Waals surface area contributed by atoms with Crippen LogP contribution in [0.1, 0.15) is 16.7 Å². The monoisotopic (exact) mass is 279 g/mol. The van der Waals surface area contributed by atoms with Crippen molar-refractivity contribution in [1.29, 1.82) is 0 Å². The maximum atomic E-state index is 13.7. The summed E-state index contributed by atoms with van der Waals surface area (Å²) < 4.78 is 19.1. The van der Waals surface area contributed by atoms with Gasteiger partial charge in [0.1, 0.15) is 6.61 Å². The fraction of sp³-hybridized carbons (Fsp3) is 0.200. The number of benzene rings is 2. The Balaban J connectivity index is 2.16. The molecule has 4 heteroatoms. The lowest BCUT2D eigenvalue weighted by Gasteiger charge is -2.11. The van der Waals surface area contributed by atoms with Crippen LogP contribution in [0.4, 0.5) is 10.1 Å². The van der Waals surface area contributed by atoms with Crippen LogP contribution in [0.25, 0.3) is 0 Å². The lowest BCUT2D eigenvalue weighted by molar-refractivity contribution is 0.290. The van der Waals surface area contributed by atoms with E-state index >= 15 is 0 Å². The number of hydrogen-bond donors (Lipinski definition) is 1. The molecule has 0 spiro atoms.